The molecule has 1 saturated heterocycles. The molecule has 3 heterocycles. The Kier molecular flexibility index (Phi) is 5.90. The molecule has 1 fully saturated rings. The molecule has 8 heteroatoms. The van der Waals surface area contributed by atoms with Crippen LogP contribution in [0.5, 0.6) is 0 Å². The third-order valence-corrected chi connectivity index (χ3v) is 8.28. The third-order valence-electron chi connectivity index (χ3n) is 6.12. The number of nitrogens with zero attached hydrogens (tertiary/aromatic N) is 3. The highest BCUT2D eigenvalue weighted by molar-refractivity contribution is 7.99. The van der Waals surface area contributed by atoms with Crippen LogP contribution in [0.3, 0.4) is 0 Å². The fourth-order valence-electron chi connectivity index (χ4n) is 4.57. The van der Waals surface area contributed by atoms with Crippen LogP contribution >= 0.6 is 23.1 Å². The van der Waals surface area contributed by atoms with Gasteiger partial charge in [-0.2, -0.15) is 0 Å². The number of anilines is 1. The van der Waals surface area contributed by atoms with Gasteiger partial charge in [0.1, 0.15) is 4.83 Å². The number of ketones is 1. The number of aryl methyl sites for hydroxylation is 2. The second kappa shape index (κ2) is 8.83. The molecule has 6 nitrogen and oxygen atoms in total. The topological polar surface area (TPSA) is 72.3 Å². The highest BCUT2D eigenvalue weighted by Crippen LogP contribution is 2.35. The molecule has 1 aliphatic heterocycles. The summed E-state index contributed by atoms with van der Waals surface area (Å²) < 4.78 is 1.74. The molecule has 1 amide bonds. The summed E-state index contributed by atoms with van der Waals surface area (Å²) in [7, 11) is 0. The van der Waals surface area contributed by atoms with E-state index in [9.17, 15) is 14.4 Å². The number of carbonyl (C=O) groups excluding carboxylic acids is 2. The minimum atomic E-state index is -0.0328. The van der Waals surface area contributed by atoms with Crippen molar-refractivity contribution >= 4 is 50.7 Å². The fraction of sp³-hybridized carbons (Fsp3) is 0.417. The monoisotopic (exact) mass is 467 g/mol. The lowest BCUT2D eigenvalue weighted by molar-refractivity contribution is -0.117. The quantitative estimate of drug-likeness (QED) is 0.291. The molecule has 0 radical (unpaired) electrons. The number of hydrogen-bond donors (Lipinski definition) is 0. The van der Waals surface area contributed by atoms with Gasteiger partial charge in [-0.05, 0) is 49.8 Å². The number of Topliss-reactive ketones (excluding diaryl/α,β-unsaturated/α-hetero) is 1. The molecule has 0 unspecified atom stereocenters. The van der Waals surface area contributed by atoms with Gasteiger partial charge in [-0.3, -0.25) is 19.0 Å². The summed E-state index contributed by atoms with van der Waals surface area (Å²) in [4.78, 5) is 47.0. The van der Waals surface area contributed by atoms with Gasteiger partial charge >= 0.3 is 0 Å². The van der Waals surface area contributed by atoms with Crippen LogP contribution in [-0.4, -0.2) is 33.5 Å². The molecule has 1 aromatic carbocycles. The Bertz CT molecular complexity index is 1280. The van der Waals surface area contributed by atoms with E-state index in [4.69, 9.17) is 4.98 Å². The first-order valence-electron chi connectivity index (χ1n) is 11.2. The lowest BCUT2D eigenvalue weighted by Crippen LogP contribution is -2.24. The van der Waals surface area contributed by atoms with Crippen LogP contribution < -0.4 is 10.5 Å². The normalized spacial score (nSPS) is 15.7. The van der Waals surface area contributed by atoms with Crippen LogP contribution in [0.25, 0.3) is 10.2 Å². The Morgan fingerprint density at radius 2 is 2.06 bits per heavy atom. The van der Waals surface area contributed by atoms with E-state index < -0.39 is 0 Å². The largest absolute Gasteiger partial charge is 0.312 e. The predicted molar refractivity (Wildman–Crippen MR) is 129 cm³/mol. The van der Waals surface area contributed by atoms with Crippen molar-refractivity contribution in [2.75, 3.05) is 17.2 Å². The highest BCUT2D eigenvalue weighted by Gasteiger charge is 2.24. The van der Waals surface area contributed by atoms with Crippen LogP contribution in [0.4, 0.5) is 5.69 Å². The van der Waals surface area contributed by atoms with Crippen molar-refractivity contribution < 1.29 is 9.59 Å². The van der Waals surface area contributed by atoms with Gasteiger partial charge in [0.2, 0.25) is 5.91 Å². The van der Waals surface area contributed by atoms with Gasteiger partial charge < -0.3 is 4.90 Å². The summed E-state index contributed by atoms with van der Waals surface area (Å²) in [5.41, 5.74) is 2.57. The lowest BCUT2D eigenvalue weighted by Gasteiger charge is -2.16. The second-order valence-corrected chi connectivity index (χ2v) is 10.3. The van der Waals surface area contributed by atoms with Gasteiger partial charge in [-0.15, -0.1) is 11.3 Å². The van der Waals surface area contributed by atoms with Crippen molar-refractivity contribution in [2.45, 2.75) is 57.1 Å². The summed E-state index contributed by atoms with van der Waals surface area (Å²) in [5, 5.41) is 1.40. The van der Waals surface area contributed by atoms with Gasteiger partial charge in [0.05, 0.1) is 11.1 Å². The molecule has 5 rings (SSSR count). The third kappa shape index (κ3) is 3.79. The molecule has 2 aliphatic rings. The number of hydrogen-bond acceptors (Lipinski definition) is 6. The summed E-state index contributed by atoms with van der Waals surface area (Å²) in [5.74, 6) is 0.270. The first-order valence-corrected chi connectivity index (χ1v) is 13.0. The first kappa shape index (κ1) is 21.4. The zero-order chi connectivity index (χ0) is 22.2. The van der Waals surface area contributed by atoms with Crippen molar-refractivity contribution in [2.24, 2.45) is 0 Å². The van der Waals surface area contributed by atoms with Gasteiger partial charge in [0.25, 0.3) is 5.56 Å². The molecular weight excluding hydrogens is 442 g/mol. The number of thioether (sulfide) groups is 1. The molecule has 1 aliphatic carbocycles. The maximum Gasteiger partial charge on any atom is 0.263 e. The number of fused-ring (bicyclic) bond motifs is 3. The van der Waals surface area contributed by atoms with E-state index >= 15 is 0 Å². The molecule has 2 aromatic heterocycles. The smallest absolute Gasteiger partial charge is 0.263 e. The van der Waals surface area contributed by atoms with Crippen LogP contribution in [0, 0.1) is 0 Å². The maximum atomic E-state index is 13.3. The molecule has 0 spiro atoms. The van der Waals surface area contributed by atoms with E-state index in [-0.39, 0.29) is 23.0 Å². The minimum absolute atomic E-state index is 0.0285. The number of rotatable bonds is 7. The number of aromatic nitrogens is 2. The lowest BCUT2D eigenvalue weighted by atomic mass is 10.1. The number of benzene rings is 1. The predicted octanol–water partition coefficient (Wildman–Crippen LogP) is 4.46. The Morgan fingerprint density at radius 3 is 2.84 bits per heavy atom. The van der Waals surface area contributed by atoms with E-state index in [2.05, 4.69) is 0 Å². The average Bonchev–Trinajstić information content (AvgIpc) is 3.50. The average molecular weight is 468 g/mol. The minimum Gasteiger partial charge on any atom is -0.312 e. The molecule has 0 saturated carbocycles. The molecular formula is C24H25N3O3S2. The van der Waals surface area contributed by atoms with Crippen LogP contribution in [0.15, 0.2) is 34.2 Å². The molecule has 0 atom stereocenters. The maximum absolute atomic E-state index is 13.3. The van der Waals surface area contributed by atoms with E-state index in [1.54, 1.807) is 32.9 Å². The SMILES string of the molecule is CCCn1c(SCC(=O)c2cccc(N3CCCC3=O)c2)nc2sc3c(c2c1=O)CCC3. The molecule has 0 bridgehead atoms. The van der Waals surface area contributed by atoms with Crippen molar-refractivity contribution in [3.05, 3.63) is 50.6 Å². The van der Waals surface area contributed by atoms with Gasteiger partial charge in [0, 0.05) is 35.6 Å². The van der Waals surface area contributed by atoms with E-state index in [0.717, 1.165) is 48.0 Å². The van der Waals surface area contributed by atoms with E-state index in [0.29, 0.717) is 30.2 Å². The van der Waals surface area contributed by atoms with Gasteiger partial charge in [-0.25, -0.2) is 4.98 Å². The van der Waals surface area contributed by atoms with Crippen molar-refractivity contribution in [1.29, 1.82) is 0 Å². The summed E-state index contributed by atoms with van der Waals surface area (Å²) in [6, 6.07) is 7.28. The fourth-order valence-corrected chi connectivity index (χ4v) is 6.79. The Labute approximate surface area is 194 Å². The Hall–Kier alpha value is -2.45. The van der Waals surface area contributed by atoms with Crippen LogP contribution in [0.2, 0.25) is 0 Å². The van der Waals surface area contributed by atoms with Crippen molar-refractivity contribution in [1.82, 2.24) is 9.55 Å². The zero-order valence-corrected chi connectivity index (χ0v) is 19.7. The Balaban J connectivity index is 1.40. The van der Waals surface area contributed by atoms with Gasteiger partial charge in [0.15, 0.2) is 10.9 Å². The molecule has 0 N–H and O–H groups in total. The first-order chi connectivity index (χ1) is 15.6. The van der Waals surface area contributed by atoms with E-state index in [1.165, 1.54) is 22.2 Å². The van der Waals surface area contributed by atoms with Crippen molar-refractivity contribution in [3.8, 4) is 0 Å². The standard InChI is InChI=1S/C24H25N3O3S2/c1-2-11-27-23(30)21-17-8-4-9-19(17)32-22(21)25-24(27)31-14-18(28)15-6-3-7-16(13-15)26-12-5-10-20(26)29/h3,6-7,13H,2,4-5,8-12,14H2,1H3. The number of amides is 1. The van der Waals surface area contributed by atoms with Gasteiger partial charge in [-0.1, -0.05) is 30.8 Å². The molecule has 166 valence electrons. The number of thiophene rings is 1. The van der Waals surface area contributed by atoms with Crippen LogP contribution in [-0.2, 0) is 24.2 Å². The number of carbonyl (C=O) groups is 2. The van der Waals surface area contributed by atoms with E-state index in [1.807, 2.05) is 19.1 Å². The Morgan fingerprint density at radius 1 is 1.19 bits per heavy atom. The zero-order valence-electron chi connectivity index (χ0n) is 18.1. The highest BCUT2D eigenvalue weighted by atomic mass is 32.2. The van der Waals surface area contributed by atoms with Crippen molar-refractivity contribution in [3.63, 3.8) is 0 Å². The molecule has 32 heavy (non-hydrogen) atoms. The second-order valence-electron chi connectivity index (χ2n) is 8.30. The summed E-state index contributed by atoms with van der Waals surface area (Å²) in [6.45, 7) is 3.33. The summed E-state index contributed by atoms with van der Waals surface area (Å²) in [6.07, 6.45) is 5.33. The summed E-state index contributed by atoms with van der Waals surface area (Å²) >= 11 is 2.96. The molecule has 3 aromatic rings. The van der Waals surface area contributed by atoms with Crippen LogP contribution in [0.1, 0.15) is 53.4 Å².